The van der Waals surface area contributed by atoms with Crippen LogP contribution in [-0.2, 0) is 14.3 Å². The average molecular weight is 369 g/mol. The SMILES string of the molecule is CC(CCC(COC(=O)/C=C\C(=O)O)C(C)CC(C)(C)C)CC(C)(C)C. The minimum absolute atomic E-state index is 0.224. The zero-order valence-electron chi connectivity index (χ0n) is 18.1. The van der Waals surface area contributed by atoms with E-state index in [0.717, 1.165) is 31.4 Å². The maximum atomic E-state index is 11.7. The molecule has 0 spiro atoms. The first-order valence-corrected chi connectivity index (χ1v) is 9.77. The van der Waals surface area contributed by atoms with E-state index >= 15 is 0 Å². The van der Waals surface area contributed by atoms with E-state index in [0.29, 0.717) is 29.8 Å². The van der Waals surface area contributed by atoms with Crippen LogP contribution in [0.4, 0.5) is 0 Å². The molecule has 0 bridgehead atoms. The number of carboxylic acid groups (broad SMARTS) is 1. The molecule has 0 aromatic carbocycles. The molecule has 0 aliphatic rings. The van der Waals surface area contributed by atoms with Crippen molar-refractivity contribution in [1.29, 1.82) is 0 Å². The van der Waals surface area contributed by atoms with E-state index in [1.165, 1.54) is 6.42 Å². The highest BCUT2D eigenvalue weighted by molar-refractivity contribution is 5.90. The fraction of sp³-hybridized carbons (Fsp3) is 0.818. The number of hydrogen-bond donors (Lipinski definition) is 1. The predicted molar refractivity (Wildman–Crippen MR) is 107 cm³/mol. The Morgan fingerprint density at radius 2 is 1.46 bits per heavy atom. The van der Waals surface area contributed by atoms with E-state index in [1.807, 2.05) is 0 Å². The van der Waals surface area contributed by atoms with Gasteiger partial charge in [-0.3, -0.25) is 0 Å². The van der Waals surface area contributed by atoms with Gasteiger partial charge in [-0.15, -0.1) is 0 Å². The van der Waals surface area contributed by atoms with Gasteiger partial charge in [-0.25, -0.2) is 9.59 Å². The molecule has 4 heteroatoms. The van der Waals surface area contributed by atoms with Crippen LogP contribution >= 0.6 is 0 Å². The van der Waals surface area contributed by atoms with Crippen molar-refractivity contribution < 1.29 is 19.4 Å². The first-order valence-electron chi connectivity index (χ1n) is 9.77. The molecular formula is C22H40O4. The summed E-state index contributed by atoms with van der Waals surface area (Å²) < 4.78 is 5.33. The van der Waals surface area contributed by atoms with Gasteiger partial charge in [-0.2, -0.15) is 0 Å². The van der Waals surface area contributed by atoms with Gasteiger partial charge in [0.25, 0.3) is 0 Å². The van der Waals surface area contributed by atoms with Crippen molar-refractivity contribution in [1.82, 2.24) is 0 Å². The van der Waals surface area contributed by atoms with Crippen LogP contribution in [0.3, 0.4) is 0 Å². The molecule has 0 rings (SSSR count). The van der Waals surface area contributed by atoms with Gasteiger partial charge >= 0.3 is 11.9 Å². The number of ether oxygens (including phenoxy) is 1. The van der Waals surface area contributed by atoms with E-state index in [9.17, 15) is 9.59 Å². The van der Waals surface area contributed by atoms with Crippen molar-refractivity contribution >= 4 is 11.9 Å². The molecule has 0 aliphatic heterocycles. The second kappa shape index (κ2) is 10.7. The highest BCUT2D eigenvalue weighted by atomic mass is 16.5. The molecule has 0 saturated carbocycles. The first kappa shape index (κ1) is 24.7. The number of hydrogen-bond acceptors (Lipinski definition) is 3. The molecule has 4 nitrogen and oxygen atoms in total. The first-order chi connectivity index (χ1) is 11.7. The number of rotatable bonds is 10. The zero-order chi connectivity index (χ0) is 20.5. The second-order valence-electron chi connectivity index (χ2n) is 10.3. The summed E-state index contributed by atoms with van der Waals surface area (Å²) >= 11 is 0. The summed E-state index contributed by atoms with van der Waals surface area (Å²) in [6.07, 6.45) is 6.17. The van der Waals surface area contributed by atoms with Crippen LogP contribution < -0.4 is 0 Å². The number of carboxylic acids is 1. The van der Waals surface area contributed by atoms with Gasteiger partial charge in [0.15, 0.2) is 0 Å². The van der Waals surface area contributed by atoms with Gasteiger partial charge in [0.1, 0.15) is 0 Å². The van der Waals surface area contributed by atoms with Gasteiger partial charge in [0, 0.05) is 12.2 Å². The Hall–Kier alpha value is -1.32. The largest absolute Gasteiger partial charge is 0.478 e. The van der Waals surface area contributed by atoms with E-state index in [2.05, 4.69) is 55.4 Å². The Morgan fingerprint density at radius 1 is 0.923 bits per heavy atom. The standard InChI is InChI=1S/C22H40O4/c1-16(13-21(3,4)5)9-10-18(17(2)14-22(6,7)8)15-26-20(25)12-11-19(23)24/h11-12,16-18H,9-10,13-15H2,1-8H3,(H,23,24)/b12-11-. The summed E-state index contributed by atoms with van der Waals surface area (Å²) in [7, 11) is 0. The molecule has 0 saturated heterocycles. The smallest absolute Gasteiger partial charge is 0.331 e. The van der Waals surface area contributed by atoms with Crippen LogP contribution in [0.15, 0.2) is 12.2 Å². The lowest BCUT2D eigenvalue weighted by Gasteiger charge is -2.31. The van der Waals surface area contributed by atoms with E-state index in [4.69, 9.17) is 9.84 Å². The molecule has 3 unspecified atom stereocenters. The summed E-state index contributed by atoms with van der Waals surface area (Å²) in [4.78, 5) is 22.2. The molecule has 3 atom stereocenters. The highest BCUT2D eigenvalue weighted by Gasteiger charge is 2.25. The molecule has 1 N–H and O–H groups in total. The van der Waals surface area contributed by atoms with Gasteiger partial charge in [0.05, 0.1) is 6.61 Å². The van der Waals surface area contributed by atoms with Crippen molar-refractivity contribution in [3.8, 4) is 0 Å². The molecule has 0 amide bonds. The number of aliphatic carboxylic acids is 1. The molecule has 0 aromatic heterocycles. The fourth-order valence-electron chi connectivity index (χ4n) is 3.69. The summed E-state index contributed by atoms with van der Waals surface area (Å²) in [6.45, 7) is 18.3. The van der Waals surface area contributed by atoms with Crippen molar-refractivity contribution in [3.05, 3.63) is 12.2 Å². The Labute approximate surface area is 160 Å². The van der Waals surface area contributed by atoms with Crippen LogP contribution in [0.2, 0.25) is 0 Å². The monoisotopic (exact) mass is 368 g/mol. The van der Waals surface area contributed by atoms with E-state index < -0.39 is 11.9 Å². The van der Waals surface area contributed by atoms with Gasteiger partial charge in [-0.1, -0.05) is 61.8 Å². The van der Waals surface area contributed by atoms with Crippen molar-refractivity contribution in [2.75, 3.05) is 6.61 Å². The Morgan fingerprint density at radius 3 is 1.92 bits per heavy atom. The van der Waals surface area contributed by atoms with E-state index in [1.54, 1.807) is 0 Å². The minimum Gasteiger partial charge on any atom is -0.478 e. The Kier molecular flexibility index (Phi) is 10.2. The lowest BCUT2D eigenvalue weighted by molar-refractivity contribution is -0.140. The maximum Gasteiger partial charge on any atom is 0.331 e. The van der Waals surface area contributed by atoms with Crippen LogP contribution in [0.1, 0.15) is 81.1 Å². The number of carbonyl (C=O) groups excluding carboxylic acids is 1. The molecule has 0 fully saturated rings. The average Bonchev–Trinajstić information content (AvgIpc) is 2.40. The number of esters is 1. The molecule has 0 aliphatic carbocycles. The summed E-state index contributed by atoms with van der Waals surface area (Å²) in [5.41, 5.74) is 0.544. The molecular weight excluding hydrogens is 328 g/mol. The third-order valence-corrected chi connectivity index (χ3v) is 4.53. The third-order valence-electron chi connectivity index (χ3n) is 4.53. The van der Waals surface area contributed by atoms with Crippen LogP contribution in [0.5, 0.6) is 0 Å². The van der Waals surface area contributed by atoms with Gasteiger partial charge < -0.3 is 9.84 Å². The lowest BCUT2D eigenvalue weighted by Crippen LogP contribution is -2.25. The zero-order valence-corrected chi connectivity index (χ0v) is 18.1. The van der Waals surface area contributed by atoms with Crippen LogP contribution in [-0.4, -0.2) is 23.7 Å². The van der Waals surface area contributed by atoms with Gasteiger partial charge in [-0.05, 0) is 47.8 Å². The third kappa shape index (κ3) is 13.9. The van der Waals surface area contributed by atoms with Crippen LogP contribution in [0.25, 0.3) is 0 Å². The molecule has 152 valence electrons. The molecule has 0 aromatic rings. The fourth-order valence-corrected chi connectivity index (χ4v) is 3.69. The Bertz CT molecular complexity index is 466. The van der Waals surface area contributed by atoms with E-state index in [-0.39, 0.29) is 5.41 Å². The quantitative estimate of drug-likeness (QED) is 0.396. The molecule has 26 heavy (non-hydrogen) atoms. The molecule has 0 radical (unpaired) electrons. The van der Waals surface area contributed by atoms with Crippen molar-refractivity contribution in [2.24, 2.45) is 28.6 Å². The van der Waals surface area contributed by atoms with Crippen molar-refractivity contribution in [3.63, 3.8) is 0 Å². The normalized spacial score (nSPS) is 16.3. The maximum absolute atomic E-state index is 11.7. The minimum atomic E-state index is -1.14. The summed E-state index contributed by atoms with van der Waals surface area (Å²) in [5, 5.41) is 8.60. The number of carbonyl (C=O) groups is 2. The van der Waals surface area contributed by atoms with Crippen LogP contribution in [0, 0.1) is 28.6 Å². The Balaban J connectivity index is 4.79. The lowest BCUT2D eigenvalue weighted by atomic mass is 9.76. The topological polar surface area (TPSA) is 63.6 Å². The van der Waals surface area contributed by atoms with Gasteiger partial charge in [0.2, 0.25) is 0 Å². The predicted octanol–water partition coefficient (Wildman–Crippen LogP) is 5.71. The molecule has 0 heterocycles. The second-order valence-corrected chi connectivity index (χ2v) is 10.3. The highest BCUT2D eigenvalue weighted by Crippen LogP contribution is 2.33. The summed E-state index contributed by atoms with van der Waals surface area (Å²) in [6, 6.07) is 0. The van der Waals surface area contributed by atoms with Crippen molar-refractivity contribution in [2.45, 2.75) is 81.1 Å². The summed E-state index contributed by atoms with van der Waals surface area (Å²) in [5.74, 6) is -0.368.